The van der Waals surface area contributed by atoms with Gasteiger partial charge in [-0.15, -0.1) is 0 Å². The fraction of sp³-hybridized carbons (Fsp3) is 0.241. The average molecular weight is 515 g/mol. The van der Waals surface area contributed by atoms with Gasteiger partial charge < -0.3 is 20.3 Å². The lowest BCUT2D eigenvalue weighted by molar-refractivity contribution is -0.111. The molecule has 38 heavy (non-hydrogen) atoms. The number of aryl methyl sites for hydroxylation is 1. The fourth-order valence-electron chi connectivity index (χ4n) is 3.59. The zero-order valence-corrected chi connectivity index (χ0v) is 22.5. The van der Waals surface area contributed by atoms with Crippen LogP contribution >= 0.6 is 0 Å². The molecule has 0 saturated carbocycles. The van der Waals surface area contributed by atoms with Gasteiger partial charge in [0.15, 0.2) is 5.65 Å². The van der Waals surface area contributed by atoms with Crippen molar-refractivity contribution in [2.24, 2.45) is 0 Å². The summed E-state index contributed by atoms with van der Waals surface area (Å²) in [6.07, 6.45) is 2.88. The topological polar surface area (TPSA) is 101 Å². The molecule has 0 unspecified atom stereocenters. The summed E-state index contributed by atoms with van der Waals surface area (Å²) in [5, 5.41) is 6.65. The molecule has 0 aliphatic carbocycles. The number of hydrogen-bond donors (Lipinski definition) is 2. The first kappa shape index (κ1) is 28.1. The molecule has 2 N–H and O–H groups in total. The van der Waals surface area contributed by atoms with Gasteiger partial charge in [-0.25, -0.2) is 4.98 Å². The Morgan fingerprint density at radius 1 is 1.11 bits per heavy atom. The van der Waals surface area contributed by atoms with Crippen molar-refractivity contribution in [2.45, 2.75) is 20.8 Å². The number of benzene rings is 2. The summed E-state index contributed by atoms with van der Waals surface area (Å²) in [5.41, 5.74) is 2.87. The number of nitrogens with zero attached hydrogens (tertiary/aromatic N) is 4. The second-order valence-electron chi connectivity index (χ2n) is 8.48. The van der Waals surface area contributed by atoms with Crippen molar-refractivity contribution in [3.05, 3.63) is 89.4 Å². The second kappa shape index (κ2) is 13.2. The van der Waals surface area contributed by atoms with Crippen LogP contribution in [0.1, 0.15) is 19.4 Å². The number of hydrogen-bond acceptors (Lipinski definition) is 7. The molecule has 0 saturated heterocycles. The third kappa shape index (κ3) is 7.04. The van der Waals surface area contributed by atoms with Gasteiger partial charge in [-0.1, -0.05) is 26.5 Å². The van der Waals surface area contributed by atoms with E-state index < -0.39 is 0 Å². The van der Waals surface area contributed by atoms with E-state index in [1.807, 2.05) is 59.1 Å². The number of rotatable bonds is 9. The van der Waals surface area contributed by atoms with E-state index in [2.05, 4.69) is 32.1 Å². The minimum absolute atomic E-state index is 0.240. The summed E-state index contributed by atoms with van der Waals surface area (Å²) in [6.45, 7) is 10.7. The van der Waals surface area contributed by atoms with Crippen molar-refractivity contribution in [3.63, 3.8) is 0 Å². The molecule has 0 radical (unpaired) electrons. The number of anilines is 3. The third-order valence-electron chi connectivity index (χ3n) is 5.44. The summed E-state index contributed by atoms with van der Waals surface area (Å²) >= 11 is 0. The number of carbonyl (C=O) groups is 1. The molecule has 2 aromatic carbocycles. The molecule has 0 atom stereocenters. The Labute approximate surface area is 222 Å². The van der Waals surface area contributed by atoms with Crippen LogP contribution in [-0.2, 0) is 4.79 Å². The van der Waals surface area contributed by atoms with Crippen molar-refractivity contribution < 1.29 is 9.53 Å². The van der Waals surface area contributed by atoms with Crippen molar-refractivity contribution in [1.29, 1.82) is 0 Å². The number of fused-ring (bicyclic) bond motifs is 1. The number of nitrogens with one attached hydrogen (secondary N) is 2. The number of ether oxygens (including phenoxy) is 1. The molecule has 9 heteroatoms. The van der Waals surface area contributed by atoms with E-state index in [0.717, 1.165) is 28.9 Å². The average Bonchev–Trinajstić information content (AvgIpc) is 2.90. The van der Waals surface area contributed by atoms with Crippen LogP contribution in [-0.4, -0.2) is 52.6 Å². The van der Waals surface area contributed by atoms with Crippen LogP contribution in [0.3, 0.4) is 0 Å². The van der Waals surface area contributed by atoms with Gasteiger partial charge in [0.25, 0.3) is 5.56 Å². The molecule has 0 aliphatic rings. The lowest BCUT2D eigenvalue weighted by atomic mass is 10.2. The summed E-state index contributed by atoms with van der Waals surface area (Å²) in [6, 6.07) is 16.1. The third-order valence-corrected chi connectivity index (χ3v) is 5.44. The van der Waals surface area contributed by atoms with Gasteiger partial charge >= 0.3 is 0 Å². The quantitative estimate of drug-likeness (QED) is 0.306. The molecule has 2 heterocycles. The Kier molecular flexibility index (Phi) is 9.72. The van der Waals surface area contributed by atoms with Crippen LogP contribution in [0.2, 0.25) is 0 Å². The zero-order chi connectivity index (χ0) is 27.7. The number of carbonyl (C=O) groups excluding carboxylic acids is 1. The van der Waals surface area contributed by atoms with Gasteiger partial charge in [0, 0.05) is 35.6 Å². The second-order valence-corrected chi connectivity index (χ2v) is 8.48. The van der Waals surface area contributed by atoms with Crippen LogP contribution in [0.15, 0.2) is 78.2 Å². The molecule has 0 fully saturated rings. The first-order chi connectivity index (χ1) is 18.3. The van der Waals surface area contributed by atoms with Gasteiger partial charge in [0.2, 0.25) is 11.9 Å². The summed E-state index contributed by atoms with van der Waals surface area (Å²) in [5.74, 6) is 0.782. The van der Waals surface area contributed by atoms with Crippen LogP contribution < -0.4 is 20.9 Å². The van der Waals surface area contributed by atoms with E-state index in [-0.39, 0.29) is 11.5 Å². The molecular formula is C29H34N6O3. The van der Waals surface area contributed by atoms with Crippen LogP contribution in [0, 0.1) is 6.92 Å². The SMILES string of the molecule is C=CC(=O)Nc1cccc(-n2c(=O)cc(C)c3cnc(Nc4ccc(OCCN(C)C)cc4)nc32)c1.CC. The number of pyridine rings is 1. The van der Waals surface area contributed by atoms with Crippen LogP contribution in [0.4, 0.5) is 17.3 Å². The normalized spacial score (nSPS) is 10.5. The van der Waals surface area contributed by atoms with E-state index in [4.69, 9.17) is 4.74 Å². The molecule has 0 aliphatic heterocycles. The van der Waals surface area contributed by atoms with E-state index in [0.29, 0.717) is 29.6 Å². The highest BCUT2D eigenvalue weighted by Crippen LogP contribution is 2.23. The molecular weight excluding hydrogens is 480 g/mol. The molecule has 1 amide bonds. The summed E-state index contributed by atoms with van der Waals surface area (Å²) in [4.78, 5) is 35.9. The molecule has 2 aromatic heterocycles. The van der Waals surface area contributed by atoms with Crippen molar-refractivity contribution in [3.8, 4) is 11.4 Å². The highest BCUT2D eigenvalue weighted by atomic mass is 16.5. The largest absolute Gasteiger partial charge is 0.492 e. The monoisotopic (exact) mass is 514 g/mol. The van der Waals surface area contributed by atoms with Crippen LogP contribution in [0.5, 0.6) is 5.75 Å². The first-order valence-corrected chi connectivity index (χ1v) is 12.4. The zero-order valence-electron chi connectivity index (χ0n) is 22.5. The highest BCUT2D eigenvalue weighted by Gasteiger charge is 2.13. The molecule has 9 nitrogen and oxygen atoms in total. The molecule has 4 rings (SSSR count). The maximum absolute atomic E-state index is 13.0. The predicted octanol–water partition coefficient (Wildman–Crippen LogP) is 4.92. The number of aromatic nitrogens is 3. The van der Waals surface area contributed by atoms with Gasteiger partial charge in [-0.2, -0.15) is 4.98 Å². The predicted molar refractivity (Wildman–Crippen MR) is 154 cm³/mol. The summed E-state index contributed by atoms with van der Waals surface area (Å²) in [7, 11) is 4.00. The Balaban J connectivity index is 0.00000195. The maximum Gasteiger partial charge on any atom is 0.257 e. The molecule has 198 valence electrons. The van der Waals surface area contributed by atoms with Gasteiger partial charge in [0.1, 0.15) is 12.4 Å². The van der Waals surface area contributed by atoms with Crippen LogP contribution in [0.25, 0.3) is 16.7 Å². The van der Waals surface area contributed by atoms with Crippen molar-refractivity contribution in [1.82, 2.24) is 19.4 Å². The number of amides is 1. The summed E-state index contributed by atoms with van der Waals surface area (Å²) < 4.78 is 7.24. The smallest absolute Gasteiger partial charge is 0.257 e. The van der Waals surface area contributed by atoms with E-state index >= 15 is 0 Å². The Bertz CT molecular complexity index is 1460. The number of likely N-dealkylation sites (N-methyl/N-ethyl adjacent to an activating group) is 1. The van der Waals surface area contributed by atoms with Gasteiger partial charge in [-0.05, 0) is 75.1 Å². The first-order valence-electron chi connectivity index (χ1n) is 12.4. The van der Waals surface area contributed by atoms with Crippen molar-refractivity contribution >= 4 is 34.3 Å². The minimum Gasteiger partial charge on any atom is -0.492 e. The van der Waals surface area contributed by atoms with Gasteiger partial charge in [-0.3, -0.25) is 14.2 Å². The lowest BCUT2D eigenvalue weighted by Crippen LogP contribution is -2.20. The van der Waals surface area contributed by atoms with Crippen molar-refractivity contribution in [2.75, 3.05) is 37.9 Å². The standard InChI is InChI=1S/C27H28N6O3.C2H6/c1-5-24(34)29-20-7-6-8-21(16-20)33-25(35)15-18(2)23-17-28-27(31-26(23)33)30-19-9-11-22(12-10-19)36-14-13-32(3)4;1-2/h5-12,15-17H,1,13-14H2,2-4H3,(H,29,34)(H,28,30,31);1-2H3. The maximum atomic E-state index is 13.0. The minimum atomic E-state index is -0.337. The Morgan fingerprint density at radius 2 is 1.84 bits per heavy atom. The van der Waals surface area contributed by atoms with Gasteiger partial charge in [0.05, 0.1) is 5.69 Å². The Morgan fingerprint density at radius 3 is 2.53 bits per heavy atom. The molecule has 4 aromatic rings. The van der Waals surface area contributed by atoms with E-state index in [1.165, 1.54) is 10.6 Å². The van der Waals surface area contributed by atoms with E-state index in [1.54, 1.807) is 36.5 Å². The highest BCUT2D eigenvalue weighted by molar-refractivity contribution is 5.99. The lowest BCUT2D eigenvalue weighted by Gasteiger charge is -2.14. The molecule has 0 spiro atoms. The fourth-order valence-corrected chi connectivity index (χ4v) is 3.59. The molecule has 0 bridgehead atoms. The van der Waals surface area contributed by atoms with E-state index in [9.17, 15) is 9.59 Å². The Hall–Kier alpha value is -4.50.